The maximum Gasteiger partial charge on any atom is 0.490 e. The van der Waals surface area contributed by atoms with Gasteiger partial charge in [0.05, 0.1) is 0 Å². The highest BCUT2D eigenvalue weighted by Crippen LogP contribution is 2.13. The highest BCUT2D eigenvalue weighted by Gasteiger charge is 2.38. The smallest absolute Gasteiger partial charge is 0.480 e. The lowest BCUT2D eigenvalue weighted by Crippen LogP contribution is -2.45. The van der Waals surface area contributed by atoms with Crippen molar-refractivity contribution in [2.24, 2.45) is 17.2 Å². The zero-order valence-electron chi connectivity index (χ0n) is 13.5. The topological polar surface area (TPSA) is 159 Å². The molecule has 8 N–H and O–H groups in total. The fraction of sp³-hybridized carbons (Fsp3) is 0.833. The van der Waals surface area contributed by atoms with Gasteiger partial charge in [-0.15, -0.1) is 0 Å². The second-order valence-corrected chi connectivity index (χ2v) is 4.92. The second kappa shape index (κ2) is 12.9. The van der Waals surface area contributed by atoms with Gasteiger partial charge >= 0.3 is 18.1 Å². The first kappa shape index (κ1) is 24.8. The van der Waals surface area contributed by atoms with Crippen LogP contribution in [0.5, 0.6) is 0 Å². The van der Waals surface area contributed by atoms with E-state index in [2.05, 4.69) is 16.8 Å². The van der Waals surface area contributed by atoms with Gasteiger partial charge in [0.25, 0.3) is 0 Å². The molecule has 0 spiro atoms. The van der Waals surface area contributed by atoms with Gasteiger partial charge in [-0.2, -0.15) is 13.2 Å². The first-order valence-corrected chi connectivity index (χ1v) is 7.05. The first-order valence-electron chi connectivity index (χ1n) is 7.05. The summed E-state index contributed by atoms with van der Waals surface area (Å²) in [6.07, 6.45) is -5.08. The third-order valence-corrected chi connectivity index (χ3v) is 2.85. The predicted molar refractivity (Wildman–Crippen MR) is 81.3 cm³/mol. The Kier molecular flexibility index (Phi) is 13.3. The largest absolute Gasteiger partial charge is 0.490 e. The van der Waals surface area contributed by atoms with E-state index in [1.807, 2.05) is 0 Å². The van der Waals surface area contributed by atoms with Crippen LogP contribution in [0, 0.1) is 0 Å². The number of carboxylic acids is 2. The van der Waals surface area contributed by atoms with Crippen molar-refractivity contribution in [3.05, 3.63) is 0 Å². The molecule has 1 heterocycles. The number of nitrogens with zero attached hydrogens (tertiary/aromatic N) is 2. The van der Waals surface area contributed by atoms with Crippen molar-refractivity contribution in [2.45, 2.75) is 12.2 Å². The van der Waals surface area contributed by atoms with E-state index in [0.717, 1.165) is 13.1 Å². The molecule has 1 aliphatic heterocycles. The molecule has 0 aromatic carbocycles. The van der Waals surface area contributed by atoms with Crippen molar-refractivity contribution in [1.82, 2.24) is 9.80 Å². The molecule has 0 amide bonds. The molecule has 0 aliphatic carbocycles. The Balaban J connectivity index is 0. The molecule has 0 radical (unpaired) electrons. The van der Waals surface area contributed by atoms with E-state index in [-0.39, 0.29) is 6.54 Å². The van der Waals surface area contributed by atoms with E-state index < -0.39 is 24.2 Å². The van der Waals surface area contributed by atoms with Crippen LogP contribution < -0.4 is 17.2 Å². The van der Waals surface area contributed by atoms with Crippen LogP contribution in [0.4, 0.5) is 13.2 Å². The van der Waals surface area contributed by atoms with Gasteiger partial charge < -0.3 is 32.3 Å². The predicted octanol–water partition coefficient (Wildman–Crippen LogP) is -1.82. The summed E-state index contributed by atoms with van der Waals surface area (Å²) in [4.78, 5) is 23.4. The number of halogens is 3. The molecule has 12 heteroatoms. The number of aliphatic carboxylic acids is 2. The van der Waals surface area contributed by atoms with Crippen LogP contribution in [0.3, 0.4) is 0 Å². The van der Waals surface area contributed by atoms with Crippen LogP contribution >= 0.6 is 0 Å². The molecule has 1 saturated heterocycles. The van der Waals surface area contributed by atoms with Crippen LogP contribution in [0.1, 0.15) is 0 Å². The van der Waals surface area contributed by atoms with Gasteiger partial charge in [-0.3, -0.25) is 9.69 Å². The van der Waals surface area contributed by atoms with Crippen molar-refractivity contribution < 1.29 is 33.0 Å². The zero-order chi connectivity index (χ0) is 19.3. The molecule has 0 unspecified atom stereocenters. The summed E-state index contributed by atoms with van der Waals surface area (Å²) in [5.74, 6) is -3.81. The SMILES string of the molecule is CN1CCN(CCN)CC1.NC[C@H](N)C(=O)O.O=C(O)C(F)(F)F. The van der Waals surface area contributed by atoms with Crippen LogP contribution in [0.2, 0.25) is 0 Å². The molecule has 1 aliphatic rings. The normalized spacial score (nSPS) is 17.0. The van der Waals surface area contributed by atoms with Gasteiger partial charge in [0, 0.05) is 45.8 Å². The van der Waals surface area contributed by atoms with Gasteiger partial charge in [0.2, 0.25) is 0 Å². The molecular weight excluding hydrogens is 335 g/mol. The highest BCUT2D eigenvalue weighted by atomic mass is 19.4. The summed E-state index contributed by atoms with van der Waals surface area (Å²) in [6, 6.07) is -0.903. The molecule has 0 aromatic rings. The molecular formula is C12H26F3N5O4. The molecule has 1 atom stereocenters. The molecule has 144 valence electrons. The number of hydrogen-bond donors (Lipinski definition) is 5. The number of nitrogens with two attached hydrogens (primary N) is 3. The van der Waals surface area contributed by atoms with Gasteiger partial charge in [-0.25, -0.2) is 4.79 Å². The van der Waals surface area contributed by atoms with Crippen molar-refractivity contribution in [3.63, 3.8) is 0 Å². The minimum absolute atomic E-state index is 0.00463. The van der Waals surface area contributed by atoms with E-state index in [1.54, 1.807) is 0 Å². The Labute approximate surface area is 138 Å². The minimum Gasteiger partial charge on any atom is -0.480 e. The molecule has 24 heavy (non-hydrogen) atoms. The quantitative estimate of drug-likeness (QED) is 0.388. The van der Waals surface area contributed by atoms with E-state index in [4.69, 9.17) is 32.2 Å². The third kappa shape index (κ3) is 14.1. The molecule has 0 aromatic heterocycles. The third-order valence-electron chi connectivity index (χ3n) is 2.85. The Morgan fingerprint density at radius 2 is 1.54 bits per heavy atom. The Morgan fingerprint density at radius 1 is 1.12 bits per heavy atom. The summed E-state index contributed by atoms with van der Waals surface area (Å²) < 4.78 is 31.7. The summed E-state index contributed by atoms with van der Waals surface area (Å²) in [5, 5.41) is 15.1. The molecule has 0 saturated carbocycles. The Morgan fingerprint density at radius 3 is 1.75 bits per heavy atom. The van der Waals surface area contributed by atoms with Crippen LogP contribution in [-0.4, -0.2) is 97.0 Å². The lowest BCUT2D eigenvalue weighted by atomic mass is 10.3. The van der Waals surface area contributed by atoms with Crippen molar-refractivity contribution >= 4 is 11.9 Å². The van der Waals surface area contributed by atoms with Gasteiger partial charge in [-0.1, -0.05) is 0 Å². The fourth-order valence-corrected chi connectivity index (χ4v) is 1.35. The summed E-state index contributed by atoms with van der Waals surface area (Å²) >= 11 is 0. The maximum atomic E-state index is 10.6. The number of alkyl halides is 3. The number of rotatable bonds is 4. The second-order valence-electron chi connectivity index (χ2n) is 4.92. The summed E-state index contributed by atoms with van der Waals surface area (Å²) in [6.45, 7) is 6.62. The van der Waals surface area contributed by atoms with Crippen LogP contribution in [-0.2, 0) is 9.59 Å². The van der Waals surface area contributed by atoms with E-state index >= 15 is 0 Å². The summed E-state index contributed by atoms with van der Waals surface area (Å²) in [7, 11) is 2.17. The van der Waals surface area contributed by atoms with Crippen LogP contribution in [0.15, 0.2) is 0 Å². The lowest BCUT2D eigenvalue weighted by molar-refractivity contribution is -0.192. The monoisotopic (exact) mass is 361 g/mol. The van der Waals surface area contributed by atoms with Crippen molar-refractivity contribution in [1.29, 1.82) is 0 Å². The molecule has 1 fully saturated rings. The summed E-state index contributed by atoms with van der Waals surface area (Å²) in [5.41, 5.74) is 15.2. The Bertz CT molecular complexity index is 363. The van der Waals surface area contributed by atoms with E-state index in [0.29, 0.717) is 0 Å². The van der Waals surface area contributed by atoms with Crippen molar-refractivity contribution in [3.8, 4) is 0 Å². The van der Waals surface area contributed by atoms with E-state index in [1.165, 1.54) is 26.2 Å². The number of likely N-dealkylation sites (N-methyl/N-ethyl adjacent to an activating group) is 1. The number of hydrogen-bond acceptors (Lipinski definition) is 7. The lowest BCUT2D eigenvalue weighted by Gasteiger charge is -2.31. The van der Waals surface area contributed by atoms with Gasteiger partial charge in [0.1, 0.15) is 6.04 Å². The van der Waals surface area contributed by atoms with Crippen molar-refractivity contribution in [2.75, 3.05) is 52.9 Å². The maximum absolute atomic E-state index is 10.6. The zero-order valence-corrected chi connectivity index (χ0v) is 13.5. The molecule has 1 rings (SSSR count). The van der Waals surface area contributed by atoms with Gasteiger partial charge in [-0.05, 0) is 7.05 Å². The van der Waals surface area contributed by atoms with Gasteiger partial charge in [0.15, 0.2) is 0 Å². The number of carboxylic acid groups (broad SMARTS) is 2. The average Bonchev–Trinajstić information content (AvgIpc) is 2.49. The number of carbonyl (C=O) groups is 2. The number of piperazine rings is 1. The van der Waals surface area contributed by atoms with E-state index in [9.17, 15) is 18.0 Å². The Hall–Kier alpha value is -1.47. The molecule has 0 bridgehead atoms. The minimum atomic E-state index is -5.08. The highest BCUT2D eigenvalue weighted by molar-refractivity contribution is 5.73. The fourth-order valence-electron chi connectivity index (χ4n) is 1.35. The van der Waals surface area contributed by atoms with Crippen LogP contribution in [0.25, 0.3) is 0 Å². The average molecular weight is 361 g/mol. The first-order chi connectivity index (χ1) is 10.9. The molecule has 9 nitrogen and oxygen atoms in total. The standard InChI is InChI=1S/C7H17N3.C3H8N2O2.C2HF3O2/c1-9-4-6-10(3-2-8)7-5-9;4-1-2(5)3(6)7;3-2(4,5)1(6)7/h2-8H2,1H3;2H,1,4-5H2,(H,6,7);(H,6,7)/t;2-;/m.0./s1.